The van der Waals surface area contributed by atoms with Gasteiger partial charge in [0.25, 0.3) is 0 Å². The van der Waals surface area contributed by atoms with Crippen LogP contribution in [0.5, 0.6) is 11.5 Å². The Balaban J connectivity index is 1.98. The van der Waals surface area contributed by atoms with E-state index in [1.165, 1.54) is 0 Å². The molecule has 0 saturated carbocycles. The molecule has 118 valence electrons. The van der Waals surface area contributed by atoms with Crippen LogP contribution < -0.4 is 0 Å². The highest BCUT2D eigenvalue weighted by molar-refractivity contribution is 5.36. The van der Waals surface area contributed by atoms with Crippen LogP contribution in [-0.4, -0.2) is 29.2 Å². The SMILES string of the molecule is Cc1ccc(O)c(COCc2ccc(O)c(CN(C)C)c2)c1. The second-order valence-corrected chi connectivity index (χ2v) is 5.83. The molecule has 22 heavy (non-hydrogen) atoms. The first-order chi connectivity index (χ1) is 10.5. The summed E-state index contributed by atoms with van der Waals surface area (Å²) in [5.41, 5.74) is 3.76. The van der Waals surface area contributed by atoms with Crippen LogP contribution in [0.15, 0.2) is 36.4 Å². The first-order valence-corrected chi connectivity index (χ1v) is 7.27. The van der Waals surface area contributed by atoms with Gasteiger partial charge in [0.2, 0.25) is 0 Å². The molecule has 0 atom stereocenters. The van der Waals surface area contributed by atoms with Gasteiger partial charge < -0.3 is 19.8 Å². The lowest BCUT2D eigenvalue weighted by atomic mass is 10.1. The largest absolute Gasteiger partial charge is 0.508 e. The molecule has 2 N–H and O–H groups in total. The van der Waals surface area contributed by atoms with Crippen LogP contribution in [0.25, 0.3) is 0 Å². The van der Waals surface area contributed by atoms with Gasteiger partial charge in [-0.1, -0.05) is 23.8 Å². The summed E-state index contributed by atoms with van der Waals surface area (Å²) in [5, 5.41) is 19.6. The third kappa shape index (κ3) is 4.48. The van der Waals surface area contributed by atoms with Gasteiger partial charge in [-0.05, 0) is 44.8 Å². The Morgan fingerprint density at radius 2 is 1.59 bits per heavy atom. The fraction of sp³-hybridized carbons (Fsp3) is 0.333. The molecule has 0 radical (unpaired) electrons. The fourth-order valence-corrected chi connectivity index (χ4v) is 2.30. The molecular formula is C18H23NO3. The Morgan fingerprint density at radius 1 is 0.909 bits per heavy atom. The van der Waals surface area contributed by atoms with Crippen molar-refractivity contribution in [3.05, 3.63) is 58.7 Å². The molecule has 0 fully saturated rings. The highest BCUT2D eigenvalue weighted by Crippen LogP contribution is 2.22. The van der Waals surface area contributed by atoms with Crippen LogP contribution in [0.2, 0.25) is 0 Å². The van der Waals surface area contributed by atoms with E-state index in [0.717, 1.165) is 22.3 Å². The third-order valence-corrected chi connectivity index (χ3v) is 3.39. The lowest BCUT2D eigenvalue weighted by Crippen LogP contribution is -2.11. The van der Waals surface area contributed by atoms with Crippen molar-refractivity contribution in [2.45, 2.75) is 26.7 Å². The van der Waals surface area contributed by atoms with E-state index >= 15 is 0 Å². The van der Waals surface area contributed by atoms with Gasteiger partial charge in [0, 0.05) is 17.7 Å². The minimum absolute atomic E-state index is 0.254. The van der Waals surface area contributed by atoms with Crippen LogP contribution in [0.4, 0.5) is 0 Å². The summed E-state index contributed by atoms with van der Waals surface area (Å²) in [7, 11) is 3.92. The number of rotatable bonds is 6. The summed E-state index contributed by atoms with van der Waals surface area (Å²) in [6.45, 7) is 3.46. The zero-order valence-corrected chi connectivity index (χ0v) is 13.3. The molecule has 4 heteroatoms. The smallest absolute Gasteiger partial charge is 0.121 e. The quantitative estimate of drug-likeness (QED) is 0.860. The predicted octanol–water partition coefficient (Wildman–Crippen LogP) is 3.18. The molecule has 0 aromatic heterocycles. The molecule has 0 spiro atoms. The molecule has 2 rings (SSSR count). The number of aryl methyl sites for hydroxylation is 1. The molecule has 0 aliphatic heterocycles. The van der Waals surface area contributed by atoms with Crippen molar-refractivity contribution >= 4 is 0 Å². The average molecular weight is 301 g/mol. The van der Waals surface area contributed by atoms with Crippen LogP contribution >= 0.6 is 0 Å². The summed E-state index contributed by atoms with van der Waals surface area (Å²) in [4.78, 5) is 2.00. The lowest BCUT2D eigenvalue weighted by molar-refractivity contribution is 0.105. The number of ether oxygens (including phenoxy) is 1. The minimum Gasteiger partial charge on any atom is -0.508 e. The van der Waals surface area contributed by atoms with Crippen molar-refractivity contribution in [1.29, 1.82) is 0 Å². The molecule has 2 aromatic carbocycles. The first kappa shape index (κ1) is 16.3. The maximum absolute atomic E-state index is 9.85. The first-order valence-electron chi connectivity index (χ1n) is 7.27. The molecule has 0 saturated heterocycles. The van der Waals surface area contributed by atoms with Gasteiger partial charge in [0.15, 0.2) is 0 Å². The molecule has 0 heterocycles. The normalized spacial score (nSPS) is 11.1. The Morgan fingerprint density at radius 3 is 2.32 bits per heavy atom. The molecule has 0 amide bonds. The maximum atomic E-state index is 9.85. The zero-order valence-electron chi connectivity index (χ0n) is 13.3. The average Bonchev–Trinajstić information content (AvgIpc) is 2.45. The fourth-order valence-electron chi connectivity index (χ4n) is 2.30. The van der Waals surface area contributed by atoms with E-state index in [-0.39, 0.29) is 5.75 Å². The van der Waals surface area contributed by atoms with Crippen molar-refractivity contribution in [3.8, 4) is 11.5 Å². The number of nitrogens with zero attached hydrogens (tertiary/aromatic N) is 1. The Labute approximate surface area is 131 Å². The zero-order chi connectivity index (χ0) is 16.1. The van der Waals surface area contributed by atoms with Gasteiger partial charge in [0.05, 0.1) is 13.2 Å². The second-order valence-electron chi connectivity index (χ2n) is 5.83. The van der Waals surface area contributed by atoms with Gasteiger partial charge in [-0.15, -0.1) is 0 Å². The molecule has 0 aliphatic carbocycles. The van der Waals surface area contributed by atoms with E-state index in [1.807, 2.05) is 50.2 Å². The van der Waals surface area contributed by atoms with E-state index in [2.05, 4.69) is 0 Å². The molecule has 2 aromatic rings. The number of phenols is 2. The van der Waals surface area contributed by atoms with E-state index in [0.29, 0.717) is 25.5 Å². The predicted molar refractivity (Wildman–Crippen MR) is 86.8 cm³/mol. The van der Waals surface area contributed by atoms with Crippen LogP contribution in [0.3, 0.4) is 0 Å². The van der Waals surface area contributed by atoms with Gasteiger partial charge >= 0.3 is 0 Å². The summed E-state index contributed by atoms with van der Waals surface area (Å²) in [6.07, 6.45) is 0. The topological polar surface area (TPSA) is 52.9 Å². The molecule has 4 nitrogen and oxygen atoms in total. The Kier molecular flexibility index (Phi) is 5.41. The number of phenolic OH excluding ortho intramolecular Hbond substituents is 2. The van der Waals surface area contributed by atoms with Gasteiger partial charge in [-0.3, -0.25) is 0 Å². The van der Waals surface area contributed by atoms with E-state index < -0.39 is 0 Å². The summed E-state index contributed by atoms with van der Waals surface area (Å²) < 4.78 is 5.69. The highest BCUT2D eigenvalue weighted by Gasteiger charge is 2.06. The minimum atomic E-state index is 0.254. The number of hydrogen-bond donors (Lipinski definition) is 2. The van der Waals surface area contributed by atoms with Crippen LogP contribution in [0, 0.1) is 6.92 Å². The standard InChI is InChI=1S/C18H23NO3/c1-13-4-6-18(21)16(8-13)12-22-11-14-5-7-17(20)15(9-14)10-19(2)3/h4-9,20-21H,10-12H2,1-3H3. The number of benzene rings is 2. The van der Waals surface area contributed by atoms with Crippen LogP contribution in [-0.2, 0) is 24.5 Å². The summed E-state index contributed by atoms with van der Waals surface area (Å²) >= 11 is 0. The van der Waals surface area contributed by atoms with Crippen molar-refractivity contribution in [1.82, 2.24) is 4.90 Å². The highest BCUT2D eigenvalue weighted by atomic mass is 16.5. The van der Waals surface area contributed by atoms with E-state index in [9.17, 15) is 10.2 Å². The Hall–Kier alpha value is -2.04. The van der Waals surface area contributed by atoms with Crippen molar-refractivity contribution in [3.63, 3.8) is 0 Å². The molecular weight excluding hydrogens is 278 g/mol. The van der Waals surface area contributed by atoms with Crippen molar-refractivity contribution in [2.75, 3.05) is 14.1 Å². The molecule has 0 unspecified atom stereocenters. The van der Waals surface area contributed by atoms with E-state index in [1.54, 1.807) is 12.1 Å². The monoisotopic (exact) mass is 301 g/mol. The molecule has 0 aliphatic rings. The second kappa shape index (κ2) is 7.29. The summed E-state index contributed by atoms with van der Waals surface area (Å²) in [5.74, 6) is 0.554. The van der Waals surface area contributed by atoms with Crippen molar-refractivity contribution < 1.29 is 14.9 Å². The third-order valence-electron chi connectivity index (χ3n) is 3.39. The number of aromatic hydroxyl groups is 2. The van der Waals surface area contributed by atoms with Gasteiger partial charge in [-0.2, -0.15) is 0 Å². The summed E-state index contributed by atoms with van der Waals surface area (Å²) in [6, 6.07) is 11.0. The van der Waals surface area contributed by atoms with Gasteiger partial charge in [0.1, 0.15) is 11.5 Å². The maximum Gasteiger partial charge on any atom is 0.121 e. The van der Waals surface area contributed by atoms with E-state index in [4.69, 9.17) is 4.74 Å². The molecule has 0 bridgehead atoms. The number of hydrogen-bond acceptors (Lipinski definition) is 4. The van der Waals surface area contributed by atoms with Gasteiger partial charge in [-0.25, -0.2) is 0 Å². The van der Waals surface area contributed by atoms with Crippen molar-refractivity contribution in [2.24, 2.45) is 0 Å². The van der Waals surface area contributed by atoms with Crippen LogP contribution in [0.1, 0.15) is 22.3 Å². The lowest BCUT2D eigenvalue weighted by Gasteiger charge is -2.13. The Bertz CT molecular complexity index is 638.